The molecular weight excluding hydrogens is 260 g/mol. The summed E-state index contributed by atoms with van der Waals surface area (Å²) in [5.74, 6) is 0.910. The number of pyridine rings is 1. The summed E-state index contributed by atoms with van der Waals surface area (Å²) in [4.78, 5) is 4.36. The maximum absolute atomic E-state index is 5.68. The van der Waals surface area contributed by atoms with Gasteiger partial charge in [0, 0.05) is 30.5 Å². The summed E-state index contributed by atoms with van der Waals surface area (Å²) in [6, 6.07) is 11.1. The van der Waals surface area contributed by atoms with Gasteiger partial charge >= 0.3 is 0 Å². The minimum Gasteiger partial charge on any atom is -0.491 e. The Kier molecular flexibility index (Phi) is 4.20. The molecule has 0 saturated heterocycles. The lowest BCUT2D eigenvalue weighted by atomic mass is 10.1. The van der Waals surface area contributed by atoms with Crippen molar-refractivity contribution < 1.29 is 4.74 Å². The molecule has 1 saturated carbocycles. The fraction of sp³-hybridized carbons (Fsp3) is 0.389. The first-order valence-electron chi connectivity index (χ1n) is 7.65. The van der Waals surface area contributed by atoms with Crippen molar-refractivity contribution in [3.63, 3.8) is 0 Å². The molecule has 1 aliphatic carbocycles. The quantitative estimate of drug-likeness (QED) is 0.875. The predicted molar refractivity (Wildman–Crippen MR) is 85.3 cm³/mol. The van der Waals surface area contributed by atoms with Crippen molar-refractivity contribution in [1.82, 2.24) is 10.3 Å². The van der Waals surface area contributed by atoms with Crippen LogP contribution in [0.4, 0.5) is 0 Å². The molecular formula is C18H22N2O. The molecule has 0 amide bonds. The van der Waals surface area contributed by atoms with Crippen LogP contribution >= 0.6 is 0 Å². The van der Waals surface area contributed by atoms with E-state index in [-0.39, 0.29) is 6.10 Å². The summed E-state index contributed by atoms with van der Waals surface area (Å²) in [7, 11) is 0. The first-order valence-corrected chi connectivity index (χ1v) is 7.65. The minimum atomic E-state index is 0.203. The van der Waals surface area contributed by atoms with Crippen LogP contribution in [-0.2, 0) is 6.54 Å². The van der Waals surface area contributed by atoms with E-state index in [1.165, 1.54) is 24.0 Å². The Morgan fingerprint density at radius 3 is 2.57 bits per heavy atom. The topological polar surface area (TPSA) is 34.1 Å². The molecule has 1 N–H and O–H groups in total. The van der Waals surface area contributed by atoms with Crippen LogP contribution in [-0.4, -0.2) is 17.1 Å². The van der Waals surface area contributed by atoms with E-state index in [9.17, 15) is 0 Å². The lowest BCUT2D eigenvalue weighted by Gasteiger charge is -2.10. The first kappa shape index (κ1) is 14.1. The summed E-state index contributed by atoms with van der Waals surface area (Å²) in [5.41, 5.74) is 3.56. The third-order valence-electron chi connectivity index (χ3n) is 3.53. The van der Waals surface area contributed by atoms with Gasteiger partial charge in [0.25, 0.3) is 0 Å². The SMILES string of the molecule is CC(C)Oc1ccc(-c2cncc(CNC3CC3)c2)cc1. The van der Waals surface area contributed by atoms with Crippen LogP contribution in [0.1, 0.15) is 32.3 Å². The molecule has 0 atom stereocenters. The number of nitrogens with one attached hydrogen (secondary N) is 1. The Bertz CT molecular complexity index is 588. The van der Waals surface area contributed by atoms with Gasteiger partial charge in [-0.1, -0.05) is 12.1 Å². The number of aromatic nitrogens is 1. The van der Waals surface area contributed by atoms with Crippen LogP contribution in [0, 0.1) is 0 Å². The molecule has 0 unspecified atom stereocenters. The van der Waals surface area contributed by atoms with Gasteiger partial charge < -0.3 is 10.1 Å². The van der Waals surface area contributed by atoms with Crippen LogP contribution in [0.25, 0.3) is 11.1 Å². The summed E-state index contributed by atoms with van der Waals surface area (Å²) < 4.78 is 5.68. The van der Waals surface area contributed by atoms with E-state index < -0.39 is 0 Å². The van der Waals surface area contributed by atoms with Crippen LogP contribution in [0.5, 0.6) is 5.75 Å². The van der Waals surface area contributed by atoms with Crippen molar-refractivity contribution in [2.45, 2.75) is 45.4 Å². The van der Waals surface area contributed by atoms with Crippen molar-refractivity contribution in [3.05, 3.63) is 48.3 Å². The molecule has 110 valence electrons. The highest BCUT2D eigenvalue weighted by Crippen LogP contribution is 2.24. The van der Waals surface area contributed by atoms with Gasteiger partial charge in [0.1, 0.15) is 5.75 Å². The zero-order valence-electron chi connectivity index (χ0n) is 12.7. The van der Waals surface area contributed by atoms with E-state index in [4.69, 9.17) is 4.74 Å². The summed E-state index contributed by atoms with van der Waals surface area (Å²) >= 11 is 0. The van der Waals surface area contributed by atoms with Crippen molar-refractivity contribution in [1.29, 1.82) is 0 Å². The Morgan fingerprint density at radius 1 is 1.14 bits per heavy atom. The number of ether oxygens (including phenoxy) is 1. The molecule has 1 aliphatic rings. The van der Waals surface area contributed by atoms with Crippen molar-refractivity contribution >= 4 is 0 Å². The van der Waals surface area contributed by atoms with Gasteiger partial charge in [0.2, 0.25) is 0 Å². The summed E-state index contributed by atoms with van der Waals surface area (Å²) in [6.45, 7) is 4.97. The van der Waals surface area contributed by atoms with Crippen molar-refractivity contribution in [2.24, 2.45) is 0 Å². The third kappa shape index (κ3) is 4.05. The van der Waals surface area contributed by atoms with Crippen LogP contribution in [0.15, 0.2) is 42.7 Å². The molecule has 2 aromatic rings. The highest BCUT2D eigenvalue weighted by Gasteiger charge is 2.19. The Balaban J connectivity index is 1.71. The van der Waals surface area contributed by atoms with Gasteiger partial charge in [0.15, 0.2) is 0 Å². The van der Waals surface area contributed by atoms with E-state index in [0.29, 0.717) is 0 Å². The second kappa shape index (κ2) is 6.27. The molecule has 1 fully saturated rings. The molecule has 0 bridgehead atoms. The van der Waals surface area contributed by atoms with Crippen LogP contribution in [0.2, 0.25) is 0 Å². The van der Waals surface area contributed by atoms with Gasteiger partial charge in [-0.2, -0.15) is 0 Å². The molecule has 3 rings (SSSR count). The predicted octanol–water partition coefficient (Wildman–Crippen LogP) is 3.79. The fourth-order valence-electron chi connectivity index (χ4n) is 2.29. The van der Waals surface area contributed by atoms with Gasteiger partial charge in [-0.3, -0.25) is 4.98 Å². The lowest BCUT2D eigenvalue weighted by Crippen LogP contribution is -2.15. The lowest BCUT2D eigenvalue weighted by molar-refractivity contribution is 0.242. The Morgan fingerprint density at radius 2 is 1.90 bits per heavy atom. The number of hydrogen-bond acceptors (Lipinski definition) is 3. The molecule has 0 spiro atoms. The summed E-state index contributed by atoms with van der Waals surface area (Å²) in [6.07, 6.45) is 6.68. The standard InChI is InChI=1S/C18H22N2O/c1-13(2)21-18-7-3-15(4-8-18)16-9-14(10-19-12-16)11-20-17-5-6-17/h3-4,7-10,12-13,17,20H,5-6,11H2,1-2H3. The van der Waals surface area contributed by atoms with Gasteiger partial charge in [0.05, 0.1) is 6.10 Å². The number of nitrogens with zero attached hydrogens (tertiary/aromatic N) is 1. The van der Waals surface area contributed by atoms with Crippen molar-refractivity contribution in [2.75, 3.05) is 0 Å². The average molecular weight is 282 g/mol. The molecule has 21 heavy (non-hydrogen) atoms. The first-order chi connectivity index (χ1) is 10.2. The van der Waals surface area contributed by atoms with E-state index in [1.807, 2.05) is 38.4 Å². The highest BCUT2D eigenvalue weighted by atomic mass is 16.5. The molecule has 1 heterocycles. The molecule has 1 aromatic heterocycles. The van der Waals surface area contributed by atoms with E-state index >= 15 is 0 Å². The maximum Gasteiger partial charge on any atom is 0.119 e. The molecule has 1 aromatic carbocycles. The van der Waals surface area contributed by atoms with Crippen LogP contribution in [0.3, 0.4) is 0 Å². The largest absolute Gasteiger partial charge is 0.491 e. The summed E-state index contributed by atoms with van der Waals surface area (Å²) in [5, 5.41) is 3.52. The molecule has 0 aliphatic heterocycles. The second-order valence-corrected chi connectivity index (χ2v) is 5.93. The zero-order valence-corrected chi connectivity index (χ0v) is 12.7. The fourth-order valence-corrected chi connectivity index (χ4v) is 2.29. The van der Waals surface area contributed by atoms with E-state index in [0.717, 1.165) is 23.9 Å². The van der Waals surface area contributed by atoms with Crippen LogP contribution < -0.4 is 10.1 Å². The number of hydrogen-bond donors (Lipinski definition) is 1. The Labute approximate surface area is 126 Å². The van der Waals surface area contributed by atoms with E-state index in [2.05, 4.69) is 28.5 Å². The normalized spacial score (nSPS) is 14.4. The molecule has 3 nitrogen and oxygen atoms in total. The van der Waals surface area contributed by atoms with Gasteiger partial charge in [-0.05, 0) is 56.0 Å². The molecule has 0 radical (unpaired) electrons. The Hall–Kier alpha value is -1.87. The van der Waals surface area contributed by atoms with E-state index in [1.54, 1.807) is 0 Å². The number of rotatable bonds is 6. The van der Waals surface area contributed by atoms with Gasteiger partial charge in [-0.15, -0.1) is 0 Å². The maximum atomic E-state index is 5.68. The highest BCUT2D eigenvalue weighted by molar-refractivity contribution is 5.63. The average Bonchev–Trinajstić information content (AvgIpc) is 3.30. The monoisotopic (exact) mass is 282 g/mol. The second-order valence-electron chi connectivity index (χ2n) is 5.93. The number of benzene rings is 1. The van der Waals surface area contributed by atoms with Crippen molar-refractivity contribution in [3.8, 4) is 16.9 Å². The zero-order chi connectivity index (χ0) is 14.7. The van der Waals surface area contributed by atoms with Gasteiger partial charge in [-0.25, -0.2) is 0 Å². The minimum absolute atomic E-state index is 0.203. The third-order valence-corrected chi connectivity index (χ3v) is 3.53. The molecule has 3 heteroatoms. The smallest absolute Gasteiger partial charge is 0.119 e.